The second-order valence-electron chi connectivity index (χ2n) is 7.70. The van der Waals surface area contributed by atoms with E-state index in [1.165, 1.54) is 17.1 Å². The van der Waals surface area contributed by atoms with Crippen LogP contribution in [0.4, 0.5) is 5.13 Å². The fraction of sp³-hybridized carbons (Fsp3) is 0.192. The van der Waals surface area contributed by atoms with Crippen LogP contribution in [0.25, 0.3) is 0 Å². The van der Waals surface area contributed by atoms with Crippen molar-refractivity contribution < 1.29 is 4.79 Å². The summed E-state index contributed by atoms with van der Waals surface area (Å²) >= 11 is 1.34. The van der Waals surface area contributed by atoms with Crippen molar-refractivity contribution in [2.75, 3.05) is 11.4 Å². The van der Waals surface area contributed by atoms with Gasteiger partial charge in [-0.25, -0.2) is 4.98 Å². The maximum absolute atomic E-state index is 12.9. The first-order chi connectivity index (χ1) is 15.7. The quantitative estimate of drug-likeness (QED) is 0.396. The van der Waals surface area contributed by atoms with Gasteiger partial charge in [-0.2, -0.15) is 4.37 Å². The molecule has 1 amide bonds. The minimum atomic E-state index is -0.0645. The van der Waals surface area contributed by atoms with Crippen molar-refractivity contribution in [3.8, 4) is 0 Å². The highest BCUT2D eigenvalue weighted by molar-refractivity contribution is 7.09. The number of amides is 1. The number of benzene rings is 3. The van der Waals surface area contributed by atoms with Crippen LogP contribution in [0.3, 0.4) is 0 Å². The van der Waals surface area contributed by atoms with E-state index in [2.05, 4.69) is 34.0 Å². The van der Waals surface area contributed by atoms with Gasteiger partial charge in [-0.05, 0) is 23.6 Å². The van der Waals surface area contributed by atoms with Gasteiger partial charge in [-0.1, -0.05) is 91.0 Å². The summed E-state index contributed by atoms with van der Waals surface area (Å²) in [6, 6.07) is 30.2. The van der Waals surface area contributed by atoms with Crippen LogP contribution in [-0.4, -0.2) is 21.8 Å². The van der Waals surface area contributed by atoms with E-state index < -0.39 is 0 Å². The van der Waals surface area contributed by atoms with Crippen LogP contribution in [0, 0.1) is 0 Å². The van der Waals surface area contributed by atoms with Crippen molar-refractivity contribution in [1.82, 2.24) is 14.7 Å². The number of aromatic nitrogens is 2. The number of hydrogen-bond donors (Lipinski definition) is 1. The van der Waals surface area contributed by atoms with Gasteiger partial charge in [0.15, 0.2) is 0 Å². The zero-order valence-corrected chi connectivity index (χ0v) is 18.8. The number of nitrogens with one attached hydrogen (secondary N) is 1. The van der Waals surface area contributed by atoms with E-state index in [0.29, 0.717) is 13.0 Å². The van der Waals surface area contributed by atoms with Crippen LogP contribution in [0.5, 0.6) is 0 Å². The van der Waals surface area contributed by atoms with Crippen molar-refractivity contribution in [2.24, 2.45) is 0 Å². The Morgan fingerprint density at radius 1 is 0.906 bits per heavy atom. The topological polar surface area (TPSA) is 58.1 Å². The smallest absolute Gasteiger partial charge is 0.240 e. The summed E-state index contributed by atoms with van der Waals surface area (Å²) < 4.78 is 4.55. The van der Waals surface area contributed by atoms with E-state index in [9.17, 15) is 4.79 Å². The monoisotopic (exact) mass is 442 g/mol. The molecular weight excluding hydrogens is 416 g/mol. The second-order valence-corrected chi connectivity index (χ2v) is 8.43. The molecule has 0 saturated heterocycles. The summed E-state index contributed by atoms with van der Waals surface area (Å²) in [5.41, 5.74) is 3.37. The molecule has 1 N–H and O–H groups in total. The summed E-state index contributed by atoms with van der Waals surface area (Å²) in [4.78, 5) is 19.6. The molecule has 1 unspecified atom stereocenters. The fourth-order valence-electron chi connectivity index (χ4n) is 3.50. The van der Waals surface area contributed by atoms with Crippen LogP contribution in [-0.2, 0) is 17.8 Å². The molecule has 1 heterocycles. The Kier molecular flexibility index (Phi) is 7.25. The fourth-order valence-corrected chi connectivity index (χ4v) is 4.19. The lowest BCUT2D eigenvalue weighted by molar-refractivity contribution is -0.120. The van der Waals surface area contributed by atoms with Gasteiger partial charge in [-0.3, -0.25) is 4.79 Å². The minimum Gasteiger partial charge on any atom is -0.348 e. The van der Waals surface area contributed by atoms with E-state index in [4.69, 9.17) is 4.98 Å². The van der Waals surface area contributed by atoms with Gasteiger partial charge in [0.05, 0.1) is 12.6 Å². The lowest BCUT2D eigenvalue weighted by Gasteiger charge is -2.22. The lowest BCUT2D eigenvalue weighted by Crippen LogP contribution is -2.38. The summed E-state index contributed by atoms with van der Waals surface area (Å²) in [5, 5.41) is 3.86. The van der Waals surface area contributed by atoms with E-state index in [1.807, 2.05) is 78.6 Å². The Balaban J connectivity index is 1.48. The molecule has 0 radical (unpaired) electrons. The zero-order valence-electron chi connectivity index (χ0n) is 18.0. The summed E-state index contributed by atoms with van der Waals surface area (Å²) in [7, 11) is 0. The first-order valence-electron chi connectivity index (χ1n) is 10.7. The largest absolute Gasteiger partial charge is 0.348 e. The van der Waals surface area contributed by atoms with E-state index in [0.717, 1.165) is 22.1 Å². The summed E-state index contributed by atoms with van der Waals surface area (Å²) in [6.45, 7) is 2.80. The van der Waals surface area contributed by atoms with Crippen LogP contribution in [0.15, 0.2) is 91.0 Å². The van der Waals surface area contributed by atoms with E-state index in [1.54, 1.807) is 0 Å². The Labute approximate surface area is 192 Å². The zero-order chi connectivity index (χ0) is 22.2. The third kappa shape index (κ3) is 6.02. The summed E-state index contributed by atoms with van der Waals surface area (Å²) in [5.74, 6) is 0.726. The molecule has 1 atom stereocenters. The van der Waals surface area contributed by atoms with Crippen LogP contribution >= 0.6 is 11.5 Å². The first kappa shape index (κ1) is 21.7. The predicted octanol–water partition coefficient (Wildman–Crippen LogP) is 5.01. The molecule has 0 aliphatic heterocycles. The standard InChI is InChI=1S/C26H26N4OS/c1-20(23-15-9-4-10-16-23)27-25(31)19-30(18-22-13-7-3-8-14-22)26-28-24(29-32-26)17-21-11-5-2-6-12-21/h2-16,20H,17-19H2,1H3,(H,27,31). The van der Waals surface area contributed by atoms with Crippen molar-refractivity contribution in [2.45, 2.75) is 25.9 Å². The molecule has 0 aliphatic rings. The highest BCUT2D eigenvalue weighted by Crippen LogP contribution is 2.21. The Hall–Kier alpha value is -3.51. The van der Waals surface area contributed by atoms with Crippen molar-refractivity contribution in [1.29, 1.82) is 0 Å². The molecule has 0 bridgehead atoms. The van der Waals surface area contributed by atoms with Gasteiger partial charge in [0.2, 0.25) is 11.0 Å². The lowest BCUT2D eigenvalue weighted by atomic mass is 10.1. The highest BCUT2D eigenvalue weighted by Gasteiger charge is 2.18. The Bertz CT molecular complexity index is 1120. The number of nitrogens with zero attached hydrogens (tertiary/aromatic N) is 3. The molecule has 6 heteroatoms. The van der Waals surface area contributed by atoms with Gasteiger partial charge in [0, 0.05) is 24.5 Å². The minimum absolute atomic E-state index is 0.0444. The van der Waals surface area contributed by atoms with Gasteiger partial charge >= 0.3 is 0 Å². The van der Waals surface area contributed by atoms with Crippen molar-refractivity contribution in [3.05, 3.63) is 114 Å². The maximum atomic E-state index is 12.9. The molecule has 0 aliphatic carbocycles. The van der Waals surface area contributed by atoms with Gasteiger partial charge in [-0.15, -0.1) is 0 Å². The SMILES string of the molecule is CC(NC(=O)CN(Cc1ccccc1)c1nc(Cc2ccccc2)ns1)c1ccccc1. The third-order valence-corrected chi connectivity index (χ3v) is 5.98. The predicted molar refractivity (Wildman–Crippen MR) is 130 cm³/mol. The number of carbonyl (C=O) groups excluding carboxylic acids is 1. The van der Waals surface area contributed by atoms with Crippen molar-refractivity contribution >= 4 is 22.6 Å². The Morgan fingerprint density at radius 2 is 1.50 bits per heavy atom. The number of hydrogen-bond acceptors (Lipinski definition) is 5. The average Bonchev–Trinajstić information content (AvgIpc) is 3.29. The van der Waals surface area contributed by atoms with Crippen LogP contribution < -0.4 is 10.2 Å². The molecule has 32 heavy (non-hydrogen) atoms. The molecule has 1 aromatic heterocycles. The normalized spacial score (nSPS) is 11.7. The maximum Gasteiger partial charge on any atom is 0.240 e. The van der Waals surface area contributed by atoms with E-state index in [-0.39, 0.29) is 18.5 Å². The van der Waals surface area contributed by atoms with Crippen molar-refractivity contribution in [3.63, 3.8) is 0 Å². The highest BCUT2D eigenvalue weighted by atomic mass is 32.1. The molecule has 0 spiro atoms. The van der Waals surface area contributed by atoms with E-state index >= 15 is 0 Å². The third-order valence-electron chi connectivity index (χ3n) is 5.16. The van der Waals surface area contributed by atoms with Crippen LogP contribution in [0.1, 0.15) is 35.5 Å². The average molecular weight is 443 g/mol. The second kappa shape index (κ2) is 10.7. The molecule has 4 rings (SSSR count). The number of carbonyl (C=O) groups is 1. The van der Waals surface area contributed by atoms with Crippen LogP contribution in [0.2, 0.25) is 0 Å². The molecular formula is C26H26N4OS. The molecule has 0 fully saturated rings. The Morgan fingerprint density at radius 3 is 2.16 bits per heavy atom. The molecule has 5 nitrogen and oxygen atoms in total. The van der Waals surface area contributed by atoms with Gasteiger partial charge in [0.1, 0.15) is 5.82 Å². The van der Waals surface area contributed by atoms with Gasteiger partial charge in [0.25, 0.3) is 0 Å². The molecule has 3 aromatic carbocycles. The van der Waals surface area contributed by atoms with Gasteiger partial charge < -0.3 is 10.2 Å². The number of rotatable bonds is 9. The molecule has 0 saturated carbocycles. The molecule has 4 aromatic rings. The first-order valence-corrected chi connectivity index (χ1v) is 11.4. The summed E-state index contributed by atoms with van der Waals surface area (Å²) in [6.07, 6.45) is 0.674. The molecule has 162 valence electrons. The number of anilines is 1.